The summed E-state index contributed by atoms with van der Waals surface area (Å²) >= 11 is 0. The van der Waals surface area contributed by atoms with E-state index in [1.807, 2.05) is 0 Å². The summed E-state index contributed by atoms with van der Waals surface area (Å²) in [5.41, 5.74) is 5.20. The molecule has 3 atom stereocenters. The van der Waals surface area contributed by atoms with Gasteiger partial charge in [-0.2, -0.15) is 0 Å². The van der Waals surface area contributed by atoms with Crippen molar-refractivity contribution >= 4 is 5.91 Å². The molecule has 1 saturated carbocycles. The average molecular weight is 296 g/mol. The molecule has 3 N–H and O–H groups in total. The van der Waals surface area contributed by atoms with Crippen LogP contribution < -0.4 is 11.1 Å². The van der Waals surface area contributed by atoms with Gasteiger partial charge in [-0.15, -0.1) is 0 Å². The summed E-state index contributed by atoms with van der Waals surface area (Å²) in [5, 5.41) is 3.43. The van der Waals surface area contributed by atoms with Crippen LogP contribution >= 0.6 is 0 Å². The first-order chi connectivity index (χ1) is 9.84. The normalized spacial score (nSPS) is 34.2. The molecule has 1 amide bonds. The third-order valence-electron chi connectivity index (χ3n) is 5.32. The molecule has 3 unspecified atom stereocenters. The van der Waals surface area contributed by atoms with Gasteiger partial charge in [0.15, 0.2) is 0 Å². The van der Waals surface area contributed by atoms with Crippen molar-refractivity contribution in [2.24, 2.45) is 5.73 Å². The summed E-state index contributed by atoms with van der Waals surface area (Å²) in [4.78, 5) is 16.9. The van der Waals surface area contributed by atoms with E-state index < -0.39 is 5.54 Å². The Labute approximate surface area is 129 Å². The maximum Gasteiger partial charge on any atom is 0.237 e. The fraction of sp³-hybridized carbons (Fsp3) is 0.938. The molecule has 2 rings (SSSR count). The van der Waals surface area contributed by atoms with Gasteiger partial charge < -0.3 is 20.9 Å². The SMILES string of the molecule is CC(C)NC1(C(N)=O)CCC(N(C)CC2CCCN2C)C1. The van der Waals surface area contributed by atoms with Gasteiger partial charge in [0.2, 0.25) is 5.91 Å². The molecule has 5 nitrogen and oxygen atoms in total. The van der Waals surface area contributed by atoms with Crippen LogP contribution in [0.1, 0.15) is 46.0 Å². The van der Waals surface area contributed by atoms with E-state index in [0.29, 0.717) is 12.1 Å². The minimum atomic E-state index is -0.505. The Kier molecular flexibility index (Phi) is 5.28. The van der Waals surface area contributed by atoms with Gasteiger partial charge in [0.1, 0.15) is 0 Å². The van der Waals surface area contributed by atoms with Gasteiger partial charge in [0, 0.05) is 24.7 Å². The lowest BCUT2D eigenvalue weighted by atomic mass is 9.95. The molecular weight excluding hydrogens is 264 g/mol. The number of nitrogens with two attached hydrogens (primary N) is 1. The summed E-state index contributed by atoms with van der Waals surface area (Å²) in [6.45, 7) is 6.46. The molecule has 1 saturated heterocycles. The molecule has 1 aliphatic heterocycles. The fourth-order valence-corrected chi connectivity index (χ4v) is 4.07. The van der Waals surface area contributed by atoms with E-state index in [-0.39, 0.29) is 11.9 Å². The van der Waals surface area contributed by atoms with Crippen molar-refractivity contribution in [2.45, 2.75) is 69.6 Å². The highest BCUT2D eigenvalue weighted by atomic mass is 16.1. The quantitative estimate of drug-likeness (QED) is 0.761. The molecule has 0 bridgehead atoms. The van der Waals surface area contributed by atoms with Crippen molar-refractivity contribution in [2.75, 3.05) is 27.2 Å². The Balaban J connectivity index is 1.94. The van der Waals surface area contributed by atoms with Gasteiger partial charge in [-0.1, -0.05) is 0 Å². The number of nitrogens with one attached hydrogen (secondary N) is 1. The predicted octanol–water partition coefficient (Wildman–Crippen LogP) is 0.787. The van der Waals surface area contributed by atoms with E-state index in [2.05, 4.69) is 43.1 Å². The van der Waals surface area contributed by atoms with Crippen LogP contribution in [-0.4, -0.2) is 66.6 Å². The number of hydrogen-bond acceptors (Lipinski definition) is 4. The molecule has 2 fully saturated rings. The lowest BCUT2D eigenvalue weighted by molar-refractivity contribution is -0.124. The van der Waals surface area contributed by atoms with E-state index in [4.69, 9.17) is 5.73 Å². The number of primary amides is 1. The van der Waals surface area contributed by atoms with Gasteiger partial charge in [-0.25, -0.2) is 0 Å². The molecule has 1 heterocycles. The number of carbonyl (C=O) groups excluding carboxylic acids is 1. The van der Waals surface area contributed by atoms with Crippen LogP contribution in [0.5, 0.6) is 0 Å². The molecule has 5 heteroatoms. The number of carbonyl (C=O) groups is 1. The van der Waals surface area contributed by atoms with Crippen molar-refractivity contribution in [1.82, 2.24) is 15.1 Å². The maximum atomic E-state index is 12.0. The molecule has 21 heavy (non-hydrogen) atoms. The maximum absolute atomic E-state index is 12.0. The van der Waals surface area contributed by atoms with Crippen molar-refractivity contribution < 1.29 is 4.79 Å². The number of hydrogen-bond donors (Lipinski definition) is 2. The van der Waals surface area contributed by atoms with Crippen molar-refractivity contribution in [1.29, 1.82) is 0 Å². The van der Waals surface area contributed by atoms with Crippen molar-refractivity contribution in [3.05, 3.63) is 0 Å². The first-order valence-corrected chi connectivity index (χ1v) is 8.32. The number of rotatable bonds is 6. The molecule has 0 aromatic rings. The Morgan fingerprint density at radius 3 is 2.71 bits per heavy atom. The molecule has 0 aromatic carbocycles. The standard InChI is InChI=1S/C16H32N4O/c1-12(2)18-16(15(17)21)8-7-13(10-16)20(4)11-14-6-5-9-19(14)3/h12-14,18H,5-11H2,1-4H3,(H2,17,21). The van der Waals surface area contributed by atoms with E-state index in [1.54, 1.807) is 0 Å². The lowest BCUT2D eigenvalue weighted by Gasteiger charge is -2.33. The summed E-state index contributed by atoms with van der Waals surface area (Å²) in [5.74, 6) is -0.190. The van der Waals surface area contributed by atoms with E-state index in [9.17, 15) is 4.79 Å². The number of likely N-dealkylation sites (N-methyl/N-ethyl adjacent to an activating group) is 2. The number of nitrogens with zero attached hydrogens (tertiary/aromatic N) is 2. The van der Waals surface area contributed by atoms with Gasteiger partial charge in [-0.3, -0.25) is 4.79 Å². The van der Waals surface area contributed by atoms with Crippen LogP contribution in [0.25, 0.3) is 0 Å². The Morgan fingerprint density at radius 2 is 2.19 bits per heavy atom. The molecule has 1 aliphatic carbocycles. The monoisotopic (exact) mass is 296 g/mol. The zero-order valence-electron chi connectivity index (χ0n) is 14.1. The van der Waals surface area contributed by atoms with Crippen LogP contribution in [0, 0.1) is 0 Å². The minimum Gasteiger partial charge on any atom is -0.368 e. The van der Waals surface area contributed by atoms with Gasteiger partial charge in [0.05, 0.1) is 5.54 Å². The van der Waals surface area contributed by atoms with E-state index >= 15 is 0 Å². The second-order valence-corrected chi connectivity index (χ2v) is 7.36. The Morgan fingerprint density at radius 1 is 1.48 bits per heavy atom. The van der Waals surface area contributed by atoms with Crippen molar-refractivity contribution in [3.8, 4) is 0 Å². The molecule has 2 aliphatic rings. The predicted molar refractivity (Wildman–Crippen MR) is 86.1 cm³/mol. The van der Waals surface area contributed by atoms with Crippen LogP contribution in [-0.2, 0) is 4.79 Å². The molecular formula is C16H32N4O. The first-order valence-electron chi connectivity index (χ1n) is 8.32. The highest BCUT2D eigenvalue weighted by molar-refractivity contribution is 5.85. The van der Waals surface area contributed by atoms with Gasteiger partial charge in [-0.05, 0) is 66.6 Å². The molecule has 0 radical (unpaired) electrons. The lowest BCUT2D eigenvalue weighted by Crippen LogP contribution is -2.56. The zero-order valence-corrected chi connectivity index (χ0v) is 14.1. The second kappa shape index (κ2) is 6.63. The molecule has 0 aromatic heterocycles. The minimum absolute atomic E-state index is 0.190. The topological polar surface area (TPSA) is 61.6 Å². The highest BCUT2D eigenvalue weighted by Crippen LogP contribution is 2.33. The first kappa shape index (κ1) is 16.7. The van der Waals surface area contributed by atoms with Crippen LogP contribution in [0.2, 0.25) is 0 Å². The Bertz CT molecular complexity index is 373. The largest absolute Gasteiger partial charge is 0.368 e. The number of likely N-dealkylation sites (tertiary alicyclic amines) is 1. The van der Waals surface area contributed by atoms with Crippen molar-refractivity contribution in [3.63, 3.8) is 0 Å². The van der Waals surface area contributed by atoms with Crippen LogP contribution in [0.4, 0.5) is 0 Å². The summed E-state index contributed by atoms with van der Waals surface area (Å²) in [6, 6.07) is 1.40. The average Bonchev–Trinajstić information content (AvgIpc) is 2.97. The van der Waals surface area contributed by atoms with E-state index in [1.165, 1.54) is 19.4 Å². The fourth-order valence-electron chi connectivity index (χ4n) is 4.07. The zero-order chi connectivity index (χ0) is 15.6. The second-order valence-electron chi connectivity index (χ2n) is 7.36. The highest BCUT2D eigenvalue weighted by Gasteiger charge is 2.45. The van der Waals surface area contributed by atoms with Gasteiger partial charge in [0.25, 0.3) is 0 Å². The molecule has 0 spiro atoms. The third kappa shape index (κ3) is 3.76. The smallest absolute Gasteiger partial charge is 0.237 e. The summed E-state index contributed by atoms with van der Waals surface area (Å²) < 4.78 is 0. The van der Waals surface area contributed by atoms with Gasteiger partial charge >= 0.3 is 0 Å². The van der Waals surface area contributed by atoms with Crippen LogP contribution in [0.3, 0.4) is 0 Å². The summed E-state index contributed by atoms with van der Waals surface area (Å²) in [7, 11) is 4.41. The number of amides is 1. The molecule has 122 valence electrons. The third-order valence-corrected chi connectivity index (χ3v) is 5.32. The van der Waals surface area contributed by atoms with E-state index in [0.717, 1.165) is 25.8 Å². The Hall–Kier alpha value is -0.650. The summed E-state index contributed by atoms with van der Waals surface area (Å²) in [6.07, 6.45) is 5.34. The van der Waals surface area contributed by atoms with Crippen LogP contribution in [0.15, 0.2) is 0 Å².